The van der Waals surface area contributed by atoms with Gasteiger partial charge in [0.2, 0.25) is 0 Å². The minimum atomic E-state index is -0.0977. The fourth-order valence-electron chi connectivity index (χ4n) is 1.77. The molecule has 1 N–H and O–H groups in total. The van der Waals surface area contributed by atoms with Crippen LogP contribution in [0.25, 0.3) is 0 Å². The van der Waals surface area contributed by atoms with Gasteiger partial charge in [0.25, 0.3) is 0 Å². The number of hydrogen-bond donors (Lipinski definition) is 1. The first kappa shape index (κ1) is 10.6. The van der Waals surface area contributed by atoms with E-state index in [1.807, 2.05) is 19.1 Å². The fourth-order valence-corrected chi connectivity index (χ4v) is 1.77. The lowest BCUT2D eigenvalue weighted by Gasteiger charge is -2.06. The maximum absolute atomic E-state index is 13.3. The van der Waals surface area contributed by atoms with E-state index in [1.54, 1.807) is 6.07 Å². The Morgan fingerprint density at radius 2 is 2.20 bits per heavy atom. The zero-order valence-corrected chi connectivity index (χ0v) is 9.22. The van der Waals surface area contributed by atoms with Gasteiger partial charge in [-0.15, -0.1) is 0 Å². The van der Waals surface area contributed by atoms with E-state index in [0.717, 1.165) is 23.6 Å². The second-order valence-corrected chi connectivity index (χ2v) is 4.50. The van der Waals surface area contributed by atoms with Crippen molar-refractivity contribution < 1.29 is 4.39 Å². The third-order valence-corrected chi connectivity index (χ3v) is 2.94. The Labute approximate surface area is 90.7 Å². The lowest BCUT2D eigenvalue weighted by Crippen LogP contribution is -2.16. The summed E-state index contributed by atoms with van der Waals surface area (Å²) in [6, 6.07) is 5.27. The topological polar surface area (TPSA) is 12.0 Å². The Morgan fingerprint density at radius 3 is 2.93 bits per heavy atom. The van der Waals surface area contributed by atoms with Gasteiger partial charge < -0.3 is 5.32 Å². The van der Waals surface area contributed by atoms with Crippen LogP contribution < -0.4 is 5.32 Å². The Balaban J connectivity index is 1.78. The summed E-state index contributed by atoms with van der Waals surface area (Å²) in [5.41, 5.74) is 1.90. The number of aryl methyl sites for hydroxylation is 1. The van der Waals surface area contributed by atoms with Crippen molar-refractivity contribution in [3.05, 3.63) is 35.1 Å². The molecule has 82 valence electrons. The van der Waals surface area contributed by atoms with Crippen LogP contribution >= 0.6 is 0 Å². The van der Waals surface area contributed by atoms with Gasteiger partial charge in [-0.2, -0.15) is 0 Å². The standard InChI is InChI=1S/C13H18FN/c1-10-2-5-13(14)12(8-10)9-15-7-6-11-3-4-11/h2,5,8,11,15H,3-4,6-7,9H2,1H3. The minimum absolute atomic E-state index is 0.0977. The third-order valence-electron chi connectivity index (χ3n) is 2.94. The van der Waals surface area contributed by atoms with Crippen molar-refractivity contribution in [1.29, 1.82) is 0 Å². The summed E-state index contributed by atoms with van der Waals surface area (Å²) in [7, 11) is 0. The monoisotopic (exact) mass is 207 g/mol. The number of rotatable bonds is 5. The molecule has 0 bridgehead atoms. The summed E-state index contributed by atoms with van der Waals surface area (Å²) in [5.74, 6) is 0.847. The van der Waals surface area contributed by atoms with E-state index in [4.69, 9.17) is 0 Å². The van der Waals surface area contributed by atoms with Gasteiger partial charge in [0.05, 0.1) is 0 Å². The molecule has 0 saturated heterocycles. The van der Waals surface area contributed by atoms with E-state index in [2.05, 4.69) is 5.32 Å². The van der Waals surface area contributed by atoms with Crippen LogP contribution in [0.3, 0.4) is 0 Å². The number of halogens is 1. The zero-order valence-electron chi connectivity index (χ0n) is 9.22. The summed E-state index contributed by atoms with van der Waals surface area (Å²) < 4.78 is 13.3. The molecule has 15 heavy (non-hydrogen) atoms. The SMILES string of the molecule is Cc1ccc(F)c(CNCCC2CC2)c1. The molecule has 2 heteroatoms. The number of benzene rings is 1. The maximum atomic E-state index is 13.3. The van der Waals surface area contributed by atoms with Gasteiger partial charge in [-0.1, -0.05) is 30.5 Å². The third kappa shape index (κ3) is 3.31. The highest BCUT2D eigenvalue weighted by Crippen LogP contribution is 2.31. The number of hydrogen-bond acceptors (Lipinski definition) is 1. The number of nitrogens with one attached hydrogen (secondary N) is 1. The average molecular weight is 207 g/mol. The van der Waals surface area contributed by atoms with Crippen molar-refractivity contribution in [3.63, 3.8) is 0 Å². The smallest absolute Gasteiger partial charge is 0.127 e. The average Bonchev–Trinajstić information content (AvgIpc) is 3.01. The fraction of sp³-hybridized carbons (Fsp3) is 0.538. The van der Waals surface area contributed by atoms with E-state index in [9.17, 15) is 4.39 Å². The summed E-state index contributed by atoms with van der Waals surface area (Å²) >= 11 is 0. The van der Waals surface area contributed by atoms with Gasteiger partial charge in [0.1, 0.15) is 5.82 Å². The van der Waals surface area contributed by atoms with Crippen molar-refractivity contribution in [2.45, 2.75) is 32.7 Å². The molecule has 0 unspecified atom stereocenters. The van der Waals surface area contributed by atoms with E-state index >= 15 is 0 Å². The molecule has 0 atom stereocenters. The van der Waals surface area contributed by atoms with Gasteiger partial charge in [0.15, 0.2) is 0 Å². The largest absolute Gasteiger partial charge is 0.313 e. The predicted molar refractivity (Wildman–Crippen MR) is 60.2 cm³/mol. The molecule has 0 radical (unpaired) electrons. The van der Waals surface area contributed by atoms with Crippen LogP contribution in [0.5, 0.6) is 0 Å². The molecular weight excluding hydrogens is 189 g/mol. The first-order valence-corrected chi connectivity index (χ1v) is 5.71. The first-order chi connectivity index (χ1) is 7.25. The molecule has 1 saturated carbocycles. The lowest BCUT2D eigenvalue weighted by molar-refractivity contribution is 0.571. The Hall–Kier alpha value is -0.890. The Bertz CT molecular complexity index is 331. The molecule has 0 aliphatic heterocycles. The molecule has 1 aliphatic rings. The highest BCUT2D eigenvalue weighted by molar-refractivity contribution is 5.23. The second kappa shape index (κ2) is 4.75. The molecule has 2 rings (SSSR count). The van der Waals surface area contributed by atoms with Crippen LogP contribution in [0.4, 0.5) is 4.39 Å². The molecule has 1 aliphatic carbocycles. The second-order valence-electron chi connectivity index (χ2n) is 4.50. The molecule has 1 aromatic carbocycles. The summed E-state index contributed by atoms with van der Waals surface area (Å²) in [6.45, 7) is 3.66. The minimum Gasteiger partial charge on any atom is -0.313 e. The van der Waals surface area contributed by atoms with Gasteiger partial charge in [-0.05, 0) is 31.9 Å². The van der Waals surface area contributed by atoms with Gasteiger partial charge in [-0.3, -0.25) is 0 Å². The van der Waals surface area contributed by atoms with Crippen molar-refractivity contribution in [1.82, 2.24) is 5.32 Å². The van der Waals surface area contributed by atoms with Gasteiger partial charge in [-0.25, -0.2) is 4.39 Å². The Kier molecular flexibility index (Phi) is 3.37. The van der Waals surface area contributed by atoms with Crippen molar-refractivity contribution in [3.8, 4) is 0 Å². The zero-order chi connectivity index (χ0) is 10.7. The van der Waals surface area contributed by atoms with Crippen LogP contribution in [0.15, 0.2) is 18.2 Å². The van der Waals surface area contributed by atoms with E-state index in [-0.39, 0.29) is 5.82 Å². The molecular formula is C13H18FN. The maximum Gasteiger partial charge on any atom is 0.127 e. The molecule has 1 nitrogen and oxygen atoms in total. The van der Waals surface area contributed by atoms with Crippen molar-refractivity contribution >= 4 is 0 Å². The highest BCUT2D eigenvalue weighted by atomic mass is 19.1. The lowest BCUT2D eigenvalue weighted by atomic mass is 10.1. The van der Waals surface area contributed by atoms with Crippen LogP contribution in [-0.4, -0.2) is 6.54 Å². The highest BCUT2D eigenvalue weighted by Gasteiger charge is 2.19. The van der Waals surface area contributed by atoms with E-state index in [0.29, 0.717) is 6.54 Å². The van der Waals surface area contributed by atoms with Crippen molar-refractivity contribution in [2.24, 2.45) is 5.92 Å². The van der Waals surface area contributed by atoms with Crippen LogP contribution in [-0.2, 0) is 6.54 Å². The quantitative estimate of drug-likeness (QED) is 0.732. The van der Waals surface area contributed by atoms with Crippen LogP contribution in [0.1, 0.15) is 30.4 Å². The molecule has 0 spiro atoms. The van der Waals surface area contributed by atoms with Crippen molar-refractivity contribution in [2.75, 3.05) is 6.54 Å². The summed E-state index contributed by atoms with van der Waals surface area (Å²) in [6.07, 6.45) is 4.02. The van der Waals surface area contributed by atoms with E-state index in [1.165, 1.54) is 19.3 Å². The van der Waals surface area contributed by atoms with Crippen LogP contribution in [0, 0.1) is 18.7 Å². The summed E-state index contributed by atoms with van der Waals surface area (Å²) in [4.78, 5) is 0. The molecule has 1 fully saturated rings. The Morgan fingerprint density at radius 1 is 1.40 bits per heavy atom. The predicted octanol–water partition coefficient (Wildman–Crippen LogP) is 3.02. The van der Waals surface area contributed by atoms with Crippen LogP contribution in [0.2, 0.25) is 0 Å². The first-order valence-electron chi connectivity index (χ1n) is 5.71. The van der Waals surface area contributed by atoms with E-state index < -0.39 is 0 Å². The molecule has 1 aromatic rings. The normalized spacial score (nSPS) is 15.6. The summed E-state index contributed by atoms with van der Waals surface area (Å²) in [5, 5.41) is 3.30. The molecule has 0 amide bonds. The molecule has 0 heterocycles. The molecule has 0 aromatic heterocycles. The van der Waals surface area contributed by atoms with Gasteiger partial charge >= 0.3 is 0 Å². The van der Waals surface area contributed by atoms with Gasteiger partial charge in [0, 0.05) is 12.1 Å².